The van der Waals surface area contributed by atoms with Gasteiger partial charge in [0.25, 0.3) is 5.91 Å². The summed E-state index contributed by atoms with van der Waals surface area (Å²) < 4.78 is 0. The third-order valence-corrected chi connectivity index (χ3v) is 4.06. The van der Waals surface area contributed by atoms with Crippen LogP contribution < -0.4 is 10.6 Å². The van der Waals surface area contributed by atoms with Crippen molar-refractivity contribution in [1.82, 2.24) is 15.5 Å². The predicted molar refractivity (Wildman–Crippen MR) is 79.7 cm³/mol. The van der Waals surface area contributed by atoms with Crippen molar-refractivity contribution in [3.63, 3.8) is 0 Å². The van der Waals surface area contributed by atoms with Gasteiger partial charge in [0, 0.05) is 12.6 Å². The van der Waals surface area contributed by atoms with E-state index in [-0.39, 0.29) is 11.3 Å². The standard InChI is InChI=1S/C15H24N4O/c1-4-16-14(20)11-8-9-13(19-18-11)17-12-7-5-6-10-15(12,2)3/h8-9,12H,4-7,10H2,1-3H3,(H,16,20)(H,17,19). The van der Waals surface area contributed by atoms with Crippen LogP contribution in [-0.2, 0) is 0 Å². The Kier molecular flexibility index (Phi) is 4.57. The molecule has 110 valence electrons. The molecule has 1 amide bonds. The molecule has 5 heteroatoms. The summed E-state index contributed by atoms with van der Waals surface area (Å²) in [5.41, 5.74) is 0.637. The van der Waals surface area contributed by atoms with Gasteiger partial charge < -0.3 is 10.6 Å². The van der Waals surface area contributed by atoms with E-state index in [9.17, 15) is 4.79 Å². The monoisotopic (exact) mass is 276 g/mol. The third-order valence-electron chi connectivity index (χ3n) is 4.06. The van der Waals surface area contributed by atoms with Gasteiger partial charge in [-0.25, -0.2) is 0 Å². The second-order valence-corrected chi connectivity index (χ2v) is 6.09. The molecule has 1 heterocycles. The van der Waals surface area contributed by atoms with Gasteiger partial charge in [0.15, 0.2) is 5.69 Å². The number of amides is 1. The molecule has 1 saturated carbocycles. The lowest BCUT2D eigenvalue weighted by Crippen LogP contribution is -2.39. The van der Waals surface area contributed by atoms with Gasteiger partial charge in [0.2, 0.25) is 0 Å². The van der Waals surface area contributed by atoms with Gasteiger partial charge >= 0.3 is 0 Å². The van der Waals surface area contributed by atoms with Crippen molar-refractivity contribution in [3.05, 3.63) is 17.8 Å². The van der Waals surface area contributed by atoms with E-state index in [2.05, 4.69) is 34.7 Å². The predicted octanol–water partition coefficient (Wildman–Crippen LogP) is 2.61. The van der Waals surface area contributed by atoms with Crippen molar-refractivity contribution < 1.29 is 4.79 Å². The summed E-state index contributed by atoms with van der Waals surface area (Å²) in [5, 5.41) is 14.3. The van der Waals surface area contributed by atoms with Crippen molar-refractivity contribution in [3.8, 4) is 0 Å². The average molecular weight is 276 g/mol. The molecule has 2 rings (SSSR count). The first-order valence-electron chi connectivity index (χ1n) is 7.41. The lowest BCUT2D eigenvalue weighted by molar-refractivity contribution is 0.0950. The quantitative estimate of drug-likeness (QED) is 0.887. The third kappa shape index (κ3) is 3.46. The van der Waals surface area contributed by atoms with Crippen LogP contribution in [0.15, 0.2) is 12.1 Å². The van der Waals surface area contributed by atoms with E-state index in [1.165, 1.54) is 19.3 Å². The molecular formula is C15H24N4O. The maximum Gasteiger partial charge on any atom is 0.271 e. The van der Waals surface area contributed by atoms with Crippen molar-refractivity contribution in [2.24, 2.45) is 5.41 Å². The molecule has 1 fully saturated rings. The Morgan fingerprint density at radius 3 is 2.75 bits per heavy atom. The van der Waals surface area contributed by atoms with Gasteiger partial charge in [-0.1, -0.05) is 26.7 Å². The molecule has 0 radical (unpaired) electrons. The first-order chi connectivity index (χ1) is 9.53. The van der Waals surface area contributed by atoms with Crippen LogP contribution >= 0.6 is 0 Å². The Morgan fingerprint density at radius 1 is 1.35 bits per heavy atom. The van der Waals surface area contributed by atoms with Crippen molar-refractivity contribution in [1.29, 1.82) is 0 Å². The molecule has 0 bridgehead atoms. The van der Waals surface area contributed by atoms with E-state index in [4.69, 9.17) is 0 Å². The molecule has 1 aliphatic rings. The van der Waals surface area contributed by atoms with Crippen LogP contribution in [0.3, 0.4) is 0 Å². The van der Waals surface area contributed by atoms with Crippen molar-refractivity contribution in [2.45, 2.75) is 52.5 Å². The van der Waals surface area contributed by atoms with Crippen LogP contribution in [-0.4, -0.2) is 28.7 Å². The Balaban J connectivity index is 2.01. The van der Waals surface area contributed by atoms with E-state index >= 15 is 0 Å². The molecule has 0 aliphatic heterocycles. The van der Waals surface area contributed by atoms with Crippen LogP contribution in [0.1, 0.15) is 56.9 Å². The topological polar surface area (TPSA) is 66.9 Å². The summed E-state index contributed by atoms with van der Waals surface area (Å²) in [4.78, 5) is 11.6. The number of carbonyl (C=O) groups excluding carboxylic acids is 1. The molecule has 1 aliphatic carbocycles. The number of hydrogen-bond donors (Lipinski definition) is 2. The average Bonchev–Trinajstić information content (AvgIpc) is 2.42. The number of anilines is 1. The van der Waals surface area contributed by atoms with Crippen LogP contribution in [0, 0.1) is 5.41 Å². The smallest absolute Gasteiger partial charge is 0.271 e. The van der Waals surface area contributed by atoms with E-state index in [1.807, 2.05) is 13.0 Å². The van der Waals surface area contributed by atoms with Crippen LogP contribution in [0.2, 0.25) is 0 Å². The Morgan fingerprint density at radius 2 is 2.15 bits per heavy atom. The molecule has 20 heavy (non-hydrogen) atoms. The molecule has 0 spiro atoms. The zero-order valence-electron chi connectivity index (χ0n) is 12.6. The highest BCUT2D eigenvalue weighted by Gasteiger charge is 2.32. The maximum atomic E-state index is 11.6. The van der Waals surface area contributed by atoms with Gasteiger partial charge in [-0.3, -0.25) is 4.79 Å². The normalized spacial score (nSPS) is 21.2. The molecule has 1 aromatic heterocycles. The number of hydrogen-bond acceptors (Lipinski definition) is 4. The highest BCUT2D eigenvalue weighted by Crippen LogP contribution is 2.36. The number of aromatic nitrogens is 2. The molecule has 1 aromatic rings. The summed E-state index contributed by atoms with van der Waals surface area (Å²) in [6.45, 7) is 7.06. The minimum atomic E-state index is -0.176. The molecule has 5 nitrogen and oxygen atoms in total. The van der Waals surface area contributed by atoms with Crippen LogP contribution in [0.4, 0.5) is 5.82 Å². The van der Waals surface area contributed by atoms with Gasteiger partial charge in [-0.05, 0) is 37.3 Å². The number of nitrogens with one attached hydrogen (secondary N) is 2. The highest BCUT2D eigenvalue weighted by atomic mass is 16.1. The molecule has 0 aromatic carbocycles. The molecular weight excluding hydrogens is 252 g/mol. The Hall–Kier alpha value is -1.65. The molecule has 1 atom stereocenters. The number of rotatable bonds is 4. The fraction of sp³-hybridized carbons (Fsp3) is 0.667. The minimum Gasteiger partial charge on any atom is -0.365 e. The van der Waals surface area contributed by atoms with Gasteiger partial charge in [-0.15, -0.1) is 10.2 Å². The van der Waals surface area contributed by atoms with Crippen molar-refractivity contribution in [2.75, 3.05) is 11.9 Å². The second kappa shape index (κ2) is 6.20. The van der Waals surface area contributed by atoms with E-state index in [1.54, 1.807) is 6.07 Å². The SMILES string of the molecule is CCNC(=O)c1ccc(NC2CCCCC2(C)C)nn1. The van der Waals surface area contributed by atoms with E-state index < -0.39 is 0 Å². The van der Waals surface area contributed by atoms with Gasteiger partial charge in [0.1, 0.15) is 5.82 Å². The first kappa shape index (κ1) is 14.8. The lowest BCUT2D eigenvalue weighted by atomic mass is 9.73. The van der Waals surface area contributed by atoms with Crippen molar-refractivity contribution >= 4 is 11.7 Å². The molecule has 2 N–H and O–H groups in total. The van der Waals surface area contributed by atoms with Crippen LogP contribution in [0.25, 0.3) is 0 Å². The summed E-state index contributed by atoms with van der Waals surface area (Å²) >= 11 is 0. The fourth-order valence-corrected chi connectivity index (χ4v) is 2.72. The van der Waals surface area contributed by atoms with E-state index in [0.29, 0.717) is 18.3 Å². The number of carbonyl (C=O) groups is 1. The maximum absolute atomic E-state index is 11.6. The minimum absolute atomic E-state index is 0.176. The zero-order chi connectivity index (χ0) is 14.6. The summed E-state index contributed by atoms with van der Waals surface area (Å²) in [6.07, 6.45) is 4.94. The Labute approximate surface area is 120 Å². The molecule has 0 saturated heterocycles. The lowest BCUT2D eigenvalue weighted by Gasteiger charge is -2.39. The Bertz CT molecular complexity index is 455. The van der Waals surface area contributed by atoms with Gasteiger partial charge in [0.05, 0.1) is 0 Å². The summed E-state index contributed by atoms with van der Waals surface area (Å²) in [5.74, 6) is 0.572. The molecule has 1 unspecified atom stereocenters. The zero-order valence-corrected chi connectivity index (χ0v) is 12.6. The first-order valence-corrected chi connectivity index (χ1v) is 7.41. The highest BCUT2D eigenvalue weighted by molar-refractivity contribution is 5.92. The number of nitrogens with zero attached hydrogens (tertiary/aromatic N) is 2. The van der Waals surface area contributed by atoms with E-state index in [0.717, 1.165) is 12.2 Å². The van der Waals surface area contributed by atoms with Crippen LogP contribution in [0.5, 0.6) is 0 Å². The summed E-state index contributed by atoms with van der Waals surface area (Å²) in [7, 11) is 0. The van der Waals surface area contributed by atoms with Gasteiger partial charge in [-0.2, -0.15) is 0 Å². The largest absolute Gasteiger partial charge is 0.365 e. The summed E-state index contributed by atoms with van der Waals surface area (Å²) in [6, 6.07) is 3.97. The fourth-order valence-electron chi connectivity index (χ4n) is 2.72. The second-order valence-electron chi connectivity index (χ2n) is 6.09.